The van der Waals surface area contributed by atoms with E-state index in [9.17, 15) is 5.11 Å². The van der Waals surface area contributed by atoms with Crippen molar-refractivity contribution in [2.45, 2.75) is 33.0 Å². The average Bonchev–Trinajstić information content (AvgIpc) is 3.08. The maximum Gasteiger partial charge on any atom is 0.226 e. The molecule has 0 aliphatic rings. The molecule has 0 radical (unpaired) electrons. The molecule has 0 spiro atoms. The quantitative estimate of drug-likeness (QED) is 0.442. The molecule has 3 aromatic rings. The largest absolute Gasteiger partial charge is 0.497 e. The summed E-state index contributed by atoms with van der Waals surface area (Å²) < 4.78 is 7.21. The Bertz CT molecular complexity index is 923. The Hall–Kier alpha value is -3.07. The molecule has 5 N–H and O–H groups in total. The van der Waals surface area contributed by atoms with E-state index in [1.54, 1.807) is 20.4 Å². The first-order valence-corrected chi connectivity index (χ1v) is 8.82. The van der Waals surface area contributed by atoms with E-state index in [-0.39, 0.29) is 0 Å². The van der Waals surface area contributed by atoms with Gasteiger partial charge in [0.2, 0.25) is 5.95 Å². The Morgan fingerprint density at radius 3 is 2.81 bits per heavy atom. The van der Waals surface area contributed by atoms with Gasteiger partial charge in [-0.25, -0.2) is 4.98 Å². The third-order valence-electron chi connectivity index (χ3n) is 4.16. The van der Waals surface area contributed by atoms with Gasteiger partial charge in [0.1, 0.15) is 5.75 Å². The number of rotatable bonds is 8. The lowest BCUT2D eigenvalue weighted by molar-refractivity contribution is 0.208. The normalized spacial score (nSPS) is 12.1. The number of nitrogens with zero attached hydrogens (tertiary/aromatic N) is 4. The summed E-state index contributed by atoms with van der Waals surface area (Å²) in [6, 6.07) is 5.52. The first kappa shape index (κ1) is 18.7. The van der Waals surface area contributed by atoms with Crippen LogP contribution in [0.4, 0.5) is 17.5 Å². The number of hydrogen-bond acceptors (Lipinski definition) is 8. The number of nitrogen functional groups attached to an aromatic ring is 1. The van der Waals surface area contributed by atoms with E-state index in [4.69, 9.17) is 10.5 Å². The molecule has 0 saturated carbocycles. The van der Waals surface area contributed by atoms with Gasteiger partial charge in [-0.05, 0) is 37.6 Å². The van der Waals surface area contributed by atoms with Crippen molar-refractivity contribution in [2.24, 2.45) is 0 Å². The number of aliphatic hydroxyl groups excluding tert-OH is 1. The molecular weight excluding hydrogens is 346 g/mol. The predicted octanol–water partition coefficient (Wildman–Crippen LogP) is 1.84. The molecule has 9 heteroatoms. The molecule has 0 saturated heterocycles. The maximum atomic E-state index is 9.51. The molecule has 0 bridgehead atoms. The standard InChI is InChI=1S/C18H25N7O2/c1-4-25-10-22-15-16(23-18(24-17(15)25)21-8-11(2)26)20-9-12-7-13(27-3)5-6-14(12)19/h5-7,10-11,26H,4,8-9,19H2,1-3H3,(H2,20,21,23,24). The number of hydrogen-bond donors (Lipinski definition) is 4. The van der Waals surface area contributed by atoms with Gasteiger partial charge in [0.05, 0.1) is 19.5 Å². The number of anilines is 3. The van der Waals surface area contributed by atoms with E-state index in [0.717, 1.165) is 23.5 Å². The summed E-state index contributed by atoms with van der Waals surface area (Å²) in [4.78, 5) is 13.5. The fourth-order valence-corrected chi connectivity index (χ4v) is 2.66. The van der Waals surface area contributed by atoms with Crippen LogP contribution in [0.2, 0.25) is 0 Å². The highest BCUT2D eigenvalue weighted by atomic mass is 16.5. The summed E-state index contributed by atoms with van der Waals surface area (Å²) in [5.41, 5.74) is 9.04. The summed E-state index contributed by atoms with van der Waals surface area (Å²) in [6.45, 7) is 5.28. The molecule has 3 rings (SSSR count). The number of aryl methyl sites for hydroxylation is 1. The van der Waals surface area contributed by atoms with Crippen molar-refractivity contribution in [2.75, 3.05) is 30.0 Å². The fourth-order valence-electron chi connectivity index (χ4n) is 2.66. The summed E-state index contributed by atoms with van der Waals surface area (Å²) in [7, 11) is 1.62. The SMILES string of the molecule is CCn1cnc2c(NCc3cc(OC)ccc3N)nc(NCC(C)O)nc21. The van der Waals surface area contributed by atoms with E-state index >= 15 is 0 Å². The van der Waals surface area contributed by atoms with Gasteiger partial charge in [-0.3, -0.25) is 0 Å². The molecule has 0 aliphatic carbocycles. The Morgan fingerprint density at radius 1 is 1.30 bits per heavy atom. The van der Waals surface area contributed by atoms with Crippen molar-refractivity contribution >= 4 is 28.6 Å². The van der Waals surface area contributed by atoms with E-state index in [1.165, 1.54) is 0 Å². The summed E-state index contributed by atoms with van der Waals surface area (Å²) >= 11 is 0. The van der Waals surface area contributed by atoms with Crippen LogP contribution in [0.1, 0.15) is 19.4 Å². The number of aromatic nitrogens is 4. The second kappa shape index (κ2) is 8.09. The molecule has 1 atom stereocenters. The maximum absolute atomic E-state index is 9.51. The summed E-state index contributed by atoms with van der Waals surface area (Å²) in [5.74, 6) is 1.77. The zero-order chi connectivity index (χ0) is 19.4. The van der Waals surface area contributed by atoms with Crippen molar-refractivity contribution in [1.82, 2.24) is 19.5 Å². The Morgan fingerprint density at radius 2 is 2.11 bits per heavy atom. The molecule has 0 fully saturated rings. The minimum absolute atomic E-state index is 0.355. The topological polar surface area (TPSA) is 123 Å². The van der Waals surface area contributed by atoms with Crippen molar-refractivity contribution in [1.29, 1.82) is 0 Å². The minimum Gasteiger partial charge on any atom is -0.497 e. The highest BCUT2D eigenvalue weighted by Crippen LogP contribution is 2.24. The molecule has 0 aliphatic heterocycles. The molecule has 27 heavy (non-hydrogen) atoms. The van der Waals surface area contributed by atoms with Gasteiger partial charge in [0.25, 0.3) is 0 Å². The summed E-state index contributed by atoms with van der Waals surface area (Å²) in [6.07, 6.45) is 1.23. The third-order valence-corrected chi connectivity index (χ3v) is 4.16. The summed E-state index contributed by atoms with van der Waals surface area (Å²) in [5, 5.41) is 15.9. The lowest BCUT2D eigenvalue weighted by atomic mass is 10.1. The molecule has 1 unspecified atom stereocenters. The van der Waals surface area contributed by atoms with Crippen LogP contribution in [0.15, 0.2) is 24.5 Å². The second-order valence-electron chi connectivity index (χ2n) is 6.25. The lowest BCUT2D eigenvalue weighted by Crippen LogP contribution is -2.17. The number of nitrogens with two attached hydrogens (primary N) is 1. The van der Waals surface area contributed by atoms with Crippen LogP contribution in [0.5, 0.6) is 5.75 Å². The number of ether oxygens (including phenoxy) is 1. The van der Waals surface area contributed by atoms with Crippen molar-refractivity contribution in [3.63, 3.8) is 0 Å². The van der Waals surface area contributed by atoms with Gasteiger partial charge in [-0.15, -0.1) is 0 Å². The zero-order valence-electron chi connectivity index (χ0n) is 15.7. The van der Waals surface area contributed by atoms with Crippen LogP contribution in [-0.4, -0.2) is 44.4 Å². The number of methoxy groups -OCH3 is 1. The highest BCUT2D eigenvalue weighted by Gasteiger charge is 2.14. The Labute approximate surface area is 157 Å². The van der Waals surface area contributed by atoms with Gasteiger partial charge in [-0.1, -0.05) is 0 Å². The Kier molecular flexibility index (Phi) is 5.60. The van der Waals surface area contributed by atoms with E-state index in [0.29, 0.717) is 36.1 Å². The predicted molar refractivity (Wildman–Crippen MR) is 106 cm³/mol. The smallest absolute Gasteiger partial charge is 0.226 e. The van der Waals surface area contributed by atoms with E-state index in [2.05, 4.69) is 25.6 Å². The number of nitrogens with one attached hydrogen (secondary N) is 2. The highest BCUT2D eigenvalue weighted by molar-refractivity contribution is 5.84. The van der Waals surface area contributed by atoms with Crippen LogP contribution >= 0.6 is 0 Å². The molecule has 2 aromatic heterocycles. The third kappa shape index (κ3) is 4.20. The van der Waals surface area contributed by atoms with Crippen LogP contribution in [0.3, 0.4) is 0 Å². The molecule has 2 heterocycles. The van der Waals surface area contributed by atoms with Gasteiger partial charge in [0.15, 0.2) is 17.0 Å². The monoisotopic (exact) mass is 371 g/mol. The fraction of sp³-hybridized carbons (Fsp3) is 0.389. The number of aliphatic hydroxyl groups is 1. The van der Waals surface area contributed by atoms with E-state index < -0.39 is 6.10 Å². The molecule has 0 amide bonds. The number of fused-ring (bicyclic) bond motifs is 1. The number of benzene rings is 1. The zero-order valence-corrected chi connectivity index (χ0v) is 15.7. The van der Waals surface area contributed by atoms with Crippen LogP contribution in [0.25, 0.3) is 11.2 Å². The van der Waals surface area contributed by atoms with Crippen LogP contribution < -0.4 is 21.1 Å². The van der Waals surface area contributed by atoms with Crippen molar-refractivity contribution in [3.05, 3.63) is 30.1 Å². The lowest BCUT2D eigenvalue weighted by Gasteiger charge is -2.13. The van der Waals surface area contributed by atoms with Crippen LogP contribution in [0, 0.1) is 0 Å². The van der Waals surface area contributed by atoms with E-state index in [1.807, 2.05) is 29.7 Å². The first-order valence-electron chi connectivity index (χ1n) is 8.82. The van der Waals surface area contributed by atoms with Gasteiger partial charge >= 0.3 is 0 Å². The number of imidazole rings is 1. The van der Waals surface area contributed by atoms with Crippen molar-refractivity contribution in [3.8, 4) is 5.75 Å². The minimum atomic E-state index is -0.506. The molecule has 144 valence electrons. The second-order valence-corrected chi connectivity index (χ2v) is 6.25. The molecular formula is C18H25N7O2. The molecule has 1 aromatic carbocycles. The average molecular weight is 371 g/mol. The van der Waals surface area contributed by atoms with Gasteiger partial charge in [0, 0.05) is 25.3 Å². The molecule has 9 nitrogen and oxygen atoms in total. The van der Waals surface area contributed by atoms with Crippen LogP contribution in [-0.2, 0) is 13.1 Å². The van der Waals surface area contributed by atoms with Gasteiger partial charge in [-0.2, -0.15) is 9.97 Å². The van der Waals surface area contributed by atoms with Crippen molar-refractivity contribution < 1.29 is 9.84 Å². The Balaban J connectivity index is 1.91. The first-order chi connectivity index (χ1) is 13.0. The van der Waals surface area contributed by atoms with Gasteiger partial charge < -0.3 is 30.8 Å².